The molecule has 0 aliphatic carbocycles. The molecule has 55 heavy (non-hydrogen) atoms. The van der Waals surface area contributed by atoms with Crippen LogP contribution in [0.4, 0.5) is 0 Å². The number of ether oxygens (including phenoxy) is 2. The van der Waals surface area contributed by atoms with Gasteiger partial charge in [0.05, 0.1) is 13.2 Å². The van der Waals surface area contributed by atoms with Crippen LogP contribution in [0.2, 0.25) is 0 Å². The van der Waals surface area contributed by atoms with Crippen molar-refractivity contribution < 1.29 is 28.7 Å². The van der Waals surface area contributed by atoms with Crippen LogP contribution in [0.3, 0.4) is 0 Å². The molecule has 0 fully saturated rings. The Labute approximate surface area is 341 Å². The van der Waals surface area contributed by atoms with Crippen LogP contribution in [0.1, 0.15) is 246 Å². The van der Waals surface area contributed by atoms with Crippen molar-refractivity contribution in [1.29, 1.82) is 0 Å². The van der Waals surface area contributed by atoms with Gasteiger partial charge in [0.1, 0.15) is 12.3 Å². The van der Waals surface area contributed by atoms with Gasteiger partial charge in [-0.3, -0.25) is 19.2 Å². The van der Waals surface area contributed by atoms with Crippen LogP contribution in [0, 0.1) is 11.8 Å². The smallest absolute Gasteiger partial charge is 0.325 e. The molecule has 324 valence electrons. The topological polar surface area (TPSA) is 90.0 Å². The van der Waals surface area contributed by atoms with Gasteiger partial charge in [0.15, 0.2) is 0 Å². The summed E-state index contributed by atoms with van der Waals surface area (Å²) in [6.45, 7) is 9.73. The first-order valence-electron chi connectivity index (χ1n) is 23.8. The van der Waals surface area contributed by atoms with Gasteiger partial charge in [-0.05, 0) is 76.0 Å². The van der Waals surface area contributed by atoms with E-state index in [1.165, 1.54) is 133 Å². The van der Waals surface area contributed by atoms with E-state index >= 15 is 0 Å². The predicted octanol–water partition coefficient (Wildman–Crippen LogP) is 13.7. The number of carbonyl (C=O) groups is 4. The summed E-state index contributed by atoms with van der Waals surface area (Å²) in [5.74, 6) is 0.752. The van der Waals surface area contributed by atoms with E-state index in [4.69, 9.17) is 9.47 Å². The summed E-state index contributed by atoms with van der Waals surface area (Å²) in [5, 5.41) is 0. The summed E-state index contributed by atoms with van der Waals surface area (Å²) >= 11 is 0. The van der Waals surface area contributed by atoms with Crippen LogP contribution in [-0.4, -0.2) is 55.3 Å². The lowest BCUT2D eigenvalue weighted by molar-refractivity contribution is -0.149. The zero-order valence-electron chi connectivity index (χ0n) is 37.2. The van der Waals surface area contributed by atoms with Crippen molar-refractivity contribution in [2.45, 2.75) is 246 Å². The van der Waals surface area contributed by atoms with Crippen LogP contribution in [0.5, 0.6) is 0 Å². The van der Waals surface area contributed by atoms with E-state index in [0.717, 1.165) is 64.2 Å². The van der Waals surface area contributed by atoms with E-state index in [1.54, 1.807) is 7.05 Å². The van der Waals surface area contributed by atoms with Crippen molar-refractivity contribution in [2.75, 3.05) is 26.8 Å². The number of unbranched alkanes of at least 4 members (excludes halogenated alkanes) is 20. The Hall–Kier alpha value is -1.92. The molecule has 0 heterocycles. The first-order valence-corrected chi connectivity index (χ1v) is 23.8. The third kappa shape index (κ3) is 36.2. The highest BCUT2D eigenvalue weighted by atomic mass is 16.5. The minimum absolute atomic E-state index is 0.00482. The molecule has 0 rings (SSSR count). The average Bonchev–Trinajstić information content (AvgIpc) is 3.16. The molecule has 0 saturated carbocycles. The number of hydrogen-bond acceptors (Lipinski definition) is 6. The van der Waals surface area contributed by atoms with Crippen LogP contribution in [-0.2, 0) is 28.7 Å². The second-order valence-corrected chi connectivity index (χ2v) is 16.8. The summed E-state index contributed by atoms with van der Waals surface area (Å²) < 4.78 is 11.0. The first-order chi connectivity index (χ1) is 26.8. The average molecular weight is 778 g/mol. The van der Waals surface area contributed by atoms with Gasteiger partial charge in [-0.25, -0.2) is 0 Å². The van der Waals surface area contributed by atoms with E-state index in [1.807, 2.05) is 0 Å². The van der Waals surface area contributed by atoms with Gasteiger partial charge in [0.25, 0.3) is 0 Å². The highest BCUT2D eigenvalue weighted by Gasteiger charge is 2.19. The van der Waals surface area contributed by atoms with Crippen molar-refractivity contribution in [3.05, 3.63) is 0 Å². The normalized spacial score (nSPS) is 11.4. The van der Waals surface area contributed by atoms with E-state index in [0.29, 0.717) is 50.7 Å². The molecule has 0 bridgehead atoms. The fraction of sp³-hybridized carbons (Fsp3) is 0.917. The number of nitrogens with zero attached hydrogens (tertiary/aromatic N) is 1. The lowest BCUT2D eigenvalue weighted by atomic mass is 9.91. The van der Waals surface area contributed by atoms with Crippen molar-refractivity contribution in [1.82, 2.24) is 4.90 Å². The summed E-state index contributed by atoms with van der Waals surface area (Å²) in [5.41, 5.74) is 0. The van der Waals surface area contributed by atoms with Crippen LogP contribution in [0.25, 0.3) is 0 Å². The molecular weight excluding hydrogens is 687 g/mol. The molecule has 0 N–H and O–H groups in total. The maximum Gasteiger partial charge on any atom is 0.325 e. The zero-order chi connectivity index (χ0) is 40.6. The fourth-order valence-electron chi connectivity index (χ4n) is 7.57. The molecule has 7 heteroatoms. The second-order valence-electron chi connectivity index (χ2n) is 16.8. The molecule has 0 aliphatic heterocycles. The van der Waals surface area contributed by atoms with Gasteiger partial charge in [0.2, 0.25) is 5.91 Å². The lowest BCUT2D eigenvalue weighted by Gasteiger charge is -2.21. The molecule has 0 aromatic heterocycles. The number of Topliss-reactive ketones (excluding diaryl/α,β-unsaturated/α-hetero) is 1. The van der Waals surface area contributed by atoms with Crippen LogP contribution >= 0.6 is 0 Å². The number of ketones is 1. The van der Waals surface area contributed by atoms with Gasteiger partial charge in [-0.15, -0.1) is 0 Å². The summed E-state index contributed by atoms with van der Waals surface area (Å²) in [7, 11) is 1.71. The third-order valence-electron chi connectivity index (χ3n) is 11.3. The van der Waals surface area contributed by atoms with Crippen LogP contribution in [0.15, 0.2) is 0 Å². The Kier molecular flexibility index (Phi) is 38.9. The summed E-state index contributed by atoms with van der Waals surface area (Å²) in [6, 6.07) is 0. The van der Waals surface area contributed by atoms with Crippen LogP contribution < -0.4 is 0 Å². The number of likely N-dealkylation sites (N-methyl/N-ethyl adjacent to an activating group) is 1. The quantitative estimate of drug-likeness (QED) is 0.0453. The van der Waals surface area contributed by atoms with Gasteiger partial charge in [-0.1, -0.05) is 156 Å². The Morgan fingerprint density at radius 2 is 0.764 bits per heavy atom. The van der Waals surface area contributed by atoms with E-state index in [2.05, 4.69) is 27.7 Å². The number of amides is 1. The monoisotopic (exact) mass is 778 g/mol. The van der Waals surface area contributed by atoms with Gasteiger partial charge < -0.3 is 14.4 Å². The zero-order valence-corrected chi connectivity index (χ0v) is 37.2. The summed E-state index contributed by atoms with van der Waals surface area (Å²) in [6.07, 6.45) is 36.7. The van der Waals surface area contributed by atoms with Crippen molar-refractivity contribution in [3.63, 3.8) is 0 Å². The standard InChI is InChI=1S/C48H91NO6/c1-6-10-14-18-24-32-43(33-25-19-15-11-7-2)40-46(51)49(5)42-48(53)55-39-31-23-29-37-45(50)36-28-22-30-38-54-47(52)41-44(34-26-20-16-12-8-3)35-27-21-17-13-9-4/h43-44H,6-42H2,1-5H3. The predicted molar refractivity (Wildman–Crippen MR) is 231 cm³/mol. The second kappa shape index (κ2) is 40.3. The number of esters is 2. The van der Waals surface area contributed by atoms with Crippen molar-refractivity contribution >= 4 is 23.6 Å². The maximum atomic E-state index is 13.0. The van der Waals surface area contributed by atoms with E-state index in [9.17, 15) is 19.2 Å². The van der Waals surface area contributed by atoms with E-state index in [-0.39, 0.29) is 30.2 Å². The van der Waals surface area contributed by atoms with Gasteiger partial charge in [-0.2, -0.15) is 0 Å². The van der Waals surface area contributed by atoms with Crippen molar-refractivity contribution in [2.24, 2.45) is 11.8 Å². The Balaban J connectivity index is 4.12. The Bertz CT molecular complexity index is 879. The van der Waals surface area contributed by atoms with Crippen molar-refractivity contribution in [3.8, 4) is 0 Å². The molecular formula is C48H91NO6. The van der Waals surface area contributed by atoms with Gasteiger partial charge in [0, 0.05) is 32.7 Å². The first kappa shape index (κ1) is 53.1. The molecule has 0 aromatic carbocycles. The highest BCUT2D eigenvalue weighted by molar-refractivity contribution is 5.82. The Morgan fingerprint density at radius 3 is 1.16 bits per heavy atom. The molecule has 0 spiro atoms. The number of rotatable bonds is 42. The summed E-state index contributed by atoms with van der Waals surface area (Å²) in [4.78, 5) is 52.0. The lowest BCUT2D eigenvalue weighted by Crippen LogP contribution is -2.34. The molecule has 7 nitrogen and oxygen atoms in total. The SMILES string of the molecule is CCCCCCCC(CCCCCCC)CC(=O)OCCCCCC(=O)CCCCCOC(=O)CN(C)C(=O)CC(CCCCCCC)CCCCCCC. The maximum absolute atomic E-state index is 13.0. The molecule has 1 amide bonds. The largest absolute Gasteiger partial charge is 0.466 e. The molecule has 0 aromatic rings. The molecule has 0 aliphatic rings. The van der Waals surface area contributed by atoms with E-state index < -0.39 is 0 Å². The number of hydrogen-bond donors (Lipinski definition) is 0. The molecule has 0 atom stereocenters. The number of carbonyl (C=O) groups excluding carboxylic acids is 4. The molecule has 0 saturated heterocycles. The minimum Gasteiger partial charge on any atom is -0.466 e. The molecule has 0 radical (unpaired) electrons. The third-order valence-corrected chi connectivity index (χ3v) is 11.3. The fourth-order valence-corrected chi connectivity index (χ4v) is 7.57. The molecule has 0 unspecified atom stereocenters. The van der Waals surface area contributed by atoms with Gasteiger partial charge >= 0.3 is 11.9 Å². The Morgan fingerprint density at radius 1 is 0.418 bits per heavy atom. The highest BCUT2D eigenvalue weighted by Crippen LogP contribution is 2.24. The minimum atomic E-state index is -0.358.